The molecule has 96 valence electrons. The maximum Gasteiger partial charge on any atom is 0.225 e. The van der Waals surface area contributed by atoms with Gasteiger partial charge in [0.1, 0.15) is 0 Å². The van der Waals surface area contributed by atoms with Crippen molar-refractivity contribution in [3.63, 3.8) is 0 Å². The van der Waals surface area contributed by atoms with E-state index in [4.69, 9.17) is 4.84 Å². The van der Waals surface area contributed by atoms with E-state index in [0.29, 0.717) is 6.42 Å². The number of likely N-dealkylation sites (tertiary alicyclic amines) is 1. The highest BCUT2D eigenvalue weighted by atomic mass is 16.6. The average molecular weight is 246 g/mol. The molecular formula is C14H18N2O2. The van der Waals surface area contributed by atoms with Gasteiger partial charge in [0.25, 0.3) is 0 Å². The van der Waals surface area contributed by atoms with Crippen LogP contribution in [0.4, 0.5) is 0 Å². The van der Waals surface area contributed by atoms with Gasteiger partial charge in [-0.15, -0.1) is 0 Å². The summed E-state index contributed by atoms with van der Waals surface area (Å²) in [7, 11) is 0. The monoisotopic (exact) mass is 246 g/mol. The molecule has 0 saturated carbocycles. The zero-order valence-corrected chi connectivity index (χ0v) is 10.8. The second kappa shape index (κ2) is 5.67. The van der Waals surface area contributed by atoms with Gasteiger partial charge in [0.15, 0.2) is 6.23 Å². The quantitative estimate of drug-likeness (QED) is 0.604. The fourth-order valence-corrected chi connectivity index (χ4v) is 1.94. The minimum absolute atomic E-state index is 0.146. The molecule has 1 aliphatic rings. The molecule has 4 nitrogen and oxygen atoms in total. The molecule has 1 saturated heterocycles. The predicted molar refractivity (Wildman–Crippen MR) is 70.3 cm³/mol. The maximum atomic E-state index is 11.5. The number of hydrogen-bond donors (Lipinski definition) is 0. The lowest BCUT2D eigenvalue weighted by atomic mass is 10.2. The fraction of sp³-hybridized carbons (Fsp3) is 0.429. The Kier molecular flexibility index (Phi) is 3.97. The van der Waals surface area contributed by atoms with E-state index < -0.39 is 0 Å². The van der Waals surface area contributed by atoms with E-state index >= 15 is 0 Å². The van der Waals surface area contributed by atoms with Gasteiger partial charge in [0, 0.05) is 13.0 Å². The Morgan fingerprint density at radius 1 is 1.39 bits per heavy atom. The standard InChI is InChI=1S/C14H18N2O2/c1-11-5-7-13(8-6-11)10-15-18-12(2)16-9-3-4-14(16)17/h5-8,10,12H,3-4,9H2,1-2H3/b15-10-. The van der Waals surface area contributed by atoms with Gasteiger partial charge in [0.05, 0.1) is 6.21 Å². The number of carbonyl (C=O) groups excluding carboxylic acids is 1. The van der Waals surface area contributed by atoms with Crippen LogP contribution in [0.3, 0.4) is 0 Å². The van der Waals surface area contributed by atoms with Crippen molar-refractivity contribution in [3.05, 3.63) is 35.4 Å². The van der Waals surface area contributed by atoms with E-state index in [1.165, 1.54) is 5.56 Å². The minimum atomic E-state index is -0.290. The van der Waals surface area contributed by atoms with Crippen LogP contribution in [0.25, 0.3) is 0 Å². The molecule has 1 fully saturated rings. The Hall–Kier alpha value is -1.84. The largest absolute Gasteiger partial charge is 0.371 e. The van der Waals surface area contributed by atoms with Crippen molar-refractivity contribution in [2.24, 2.45) is 5.16 Å². The van der Waals surface area contributed by atoms with Gasteiger partial charge < -0.3 is 9.74 Å². The SMILES string of the molecule is Cc1ccc(/C=N\OC(C)N2CCCC2=O)cc1. The first-order chi connectivity index (χ1) is 8.66. The Morgan fingerprint density at radius 3 is 2.72 bits per heavy atom. The molecule has 4 heteroatoms. The van der Waals surface area contributed by atoms with E-state index in [0.717, 1.165) is 18.5 Å². The highest BCUT2D eigenvalue weighted by molar-refractivity contribution is 5.79. The summed E-state index contributed by atoms with van der Waals surface area (Å²) in [5.74, 6) is 0.146. The molecule has 1 aromatic carbocycles. The summed E-state index contributed by atoms with van der Waals surface area (Å²) in [6.07, 6.45) is 2.90. The van der Waals surface area contributed by atoms with Crippen molar-refractivity contribution in [1.82, 2.24) is 4.90 Å². The van der Waals surface area contributed by atoms with E-state index in [1.54, 1.807) is 11.1 Å². The maximum absolute atomic E-state index is 11.5. The third-order valence-electron chi connectivity index (χ3n) is 3.04. The van der Waals surface area contributed by atoms with Gasteiger partial charge in [-0.05, 0) is 25.8 Å². The molecule has 1 heterocycles. The Balaban J connectivity index is 1.87. The molecule has 0 bridgehead atoms. The van der Waals surface area contributed by atoms with Crippen LogP contribution in [0.1, 0.15) is 30.9 Å². The topological polar surface area (TPSA) is 41.9 Å². The zero-order valence-electron chi connectivity index (χ0n) is 10.8. The summed E-state index contributed by atoms with van der Waals surface area (Å²) < 4.78 is 0. The number of benzene rings is 1. The van der Waals surface area contributed by atoms with Crippen LogP contribution >= 0.6 is 0 Å². The minimum Gasteiger partial charge on any atom is -0.371 e. The highest BCUT2D eigenvalue weighted by Crippen LogP contribution is 2.14. The van der Waals surface area contributed by atoms with Crippen molar-refractivity contribution >= 4 is 12.1 Å². The molecule has 0 spiro atoms. The van der Waals surface area contributed by atoms with Crippen molar-refractivity contribution in [2.45, 2.75) is 32.9 Å². The third-order valence-corrected chi connectivity index (χ3v) is 3.04. The summed E-state index contributed by atoms with van der Waals surface area (Å²) in [4.78, 5) is 18.5. The van der Waals surface area contributed by atoms with E-state index in [-0.39, 0.29) is 12.1 Å². The van der Waals surface area contributed by atoms with Gasteiger partial charge in [0.2, 0.25) is 5.91 Å². The lowest BCUT2D eigenvalue weighted by Crippen LogP contribution is -2.34. The zero-order chi connectivity index (χ0) is 13.0. The number of rotatable bonds is 4. The number of nitrogens with zero attached hydrogens (tertiary/aromatic N) is 2. The van der Waals surface area contributed by atoms with Crippen LogP contribution in [-0.2, 0) is 9.63 Å². The van der Waals surface area contributed by atoms with Crippen LogP contribution in [0.5, 0.6) is 0 Å². The molecule has 2 rings (SSSR count). The Bertz CT molecular complexity index is 440. The van der Waals surface area contributed by atoms with Crippen molar-refractivity contribution in [1.29, 1.82) is 0 Å². The second-order valence-electron chi connectivity index (χ2n) is 4.54. The van der Waals surface area contributed by atoms with Gasteiger partial charge in [-0.2, -0.15) is 0 Å². The van der Waals surface area contributed by atoms with Crippen LogP contribution in [-0.4, -0.2) is 29.8 Å². The number of carbonyl (C=O) groups is 1. The molecule has 0 aliphatic carbocycles. The normalized spacial score (nSPS) is 17.4. The molecule has 0 N–H and O–H groups in total. The van der Waals surface area contributed by atoms with E-state index in [9.17, 15) is 4.79 Å². The van der Waals surface area contributed by atoms with Crippen molar-refractivity contribution < 1.29 is 9.63 Å². The average Bonchev–Trinajstić information content (AvgIpc) is 2.78. The van der Waals surface area contributed by atoms with Gasteiger partial charge >= 0.3 is 0 Å². The van der Waals surface area contributed by atoms with Crippen LogP contribution in [0, 0.1) is 6.92 Å². The van der Waals surface area contributed by atoms with Gasteiger partial charge in [-0.25, -0.2) is 0 Å². The number of hydrogen-bond acceptors (Lipinski definition) is 3. The summed E-state index contributed by atoms with van der Waals surface area (Å²) >= 11 is 0. The summed E-state index contributed by atoms with van der Waals surface area (Å²) in [5, 5.41) is 3.93. The molecule has 18 heavy (non-hydrogen) atoms. The molecule has 1 atom stereocenters. The number of oxime groups is 1. The summed E-state index contributed by atoms with van der Waals surface area (Å²) in [6, 6.07) is 8.01. The van der Waals surface area contributed by atoms with Crippen LogP contribution in [0.2, 0.25) is 0 Å². The Labute approximate surface area is 107 Å². The van der Waals surface area contributed by atoms with Crippen LogP contribution < -0.4 is 0 Å². The second-order valence-corrected chi connectivity index (χ2v) is 4.54. The number of aryl methyl sites for hydroxylation is 1. The van der Waals surface area contributed by atoms with E-state index in [1.807, 2.05) is 38.1 Å². The third kappa shape index (κ3) is 3.09. The van der Waals surface area contributed by atoms with Gasteiger partial charge in [-0.1, -0.05) is 35.0 Å². The highest BCUT2D eigenvalue weighted by Gasteiger charge is 2.25. The molecule has 1 amide bonds. The Morgan fingerprint density at radius 2 is 2.11 bits per heavy atom. The first-order valence-electron chi connectivity index (χ1n) is 6.22. The van der Waals surface area contributed by atoms with Crippen LogP contribution in [0.15, 0.2) is 29.4 Å². The molecule has 1 aliphatic heterocycles. The molecule has 1 unspecified atom stereocenters. The van der Waals surface area contributed by atoms with Crippen molar-refractivity contribution in [2.75, 3.05) is 6.54 Å². The molecule has 0 aromatic heterocycles. The fourth-order valence-electron chi connectivity index (χ4n) is 1.94. The first kappa shape index (κ1) is 12.6. The van der Waals surface area contributed by atoms with Crippen molar-refractivity contribution in [3.8, 4) is 0 Å². The number of amides is 1. The summed E-state index contributed by atoms with van der Waals surface area (Å²) in [6.45, 7) is 4.65. The molecular weight excluding hydrogens is 228 g/mol. The lowest BCUT2D eigenvalue weighted by molar-refractivity contribution is -0.139. The van der Waals surface area contributed by atoms with E-state index in [2.05, 4.69) is 5.16 Å². The lowest BCUT2D eigenvalue weighted by Gasteiger charge is -2.21. The first-order valence-corrected chi connectivity index (χ1v) is 6.22. The molecule has 1 aromatic rings. The van der Waals surface area contributed by atoms with Gasteiger partial charge in [-0.3, -0.25) is 4.79 Å². The predicted octanol–water partition coefficient (Wildman–Crippen LogP) is 2.31. The summed E-state index contributed by atoms with van der Waals surface area (Å²) in [5.41, 5.74) is 2.20. The smallest absolute Gasteiger partial charge is 0.225 e. The molecule has 0 radical (unpaired) electrons.